The van der Waals surface area contributed by atoms with Crippen molar-refractivity contribution in [1.82, 2.24) is 9.55 Å². The number of aromatic nitrogens is 2. The lowest BCUT2D eigenvalue weighted by Crippen LogP contribution is -2.22. The Labute approximate surface area is 167 Å². The van der Waals surface area contributed by atoms with E-state index >= 15 is 0 Å². The monoisotopic (exact) mass is 391 g/mol. The number of nitrogens with zero attached hydrogens (tertiary/aromatic N) is 2. The summed E-state index contributed by atoms with van der Waals surface area (Å²) in [4.78, 5) is 17.9. The number of fused-ring (bicyclic) bond motifs is 1. The largest absolute Gasteiger partial charge is 0.380 e. The van der Waals surface area contributed by atoms with Gasteiger partial charge in [0.25, 0.3) is 5.56 Å². The van der Waals surface area contributed by atoms with Crippen molar-refractivity contribution in [2.45, 2.75) is 6.61 Å². The normalized spacial score (nSPS) is 10.9. The van der Waals surface area contributed by atoms with Crippen molar-refractivity contribution in [3.63, 3.8) is 0 Å². The van der Waals surface area contributed by atoms with E-state index in [2.05, 4.69) is 10.3 Å². The van der Waals surface area contributed by atoms with Crippen LogP contribution in [-0.4, -0.2) is 16.7 Å². The molecule has 0 aliphatic rings. The summed E-state index contributed by atoms with van der Waals surface area (Å²) in [7, 11) is 1.66. The lowest BCUT2D eigenvalue weighted by atomic mass is 10.2. The molecule has 0 unspecified atom stereocenters. The van der Waals surface area contributed by atoms with E-state index in [-0.39, 0.29) is 5.56 Å². The second kappa shape index (κ2) is 7.84. The van der Waals surface area contributed by atoms with Crippen LogP contribution in [0.3, 0.4) is 0 Å². The molecule has 3 aromatic carbocycles. The van der Waals surface area contributed by atoms with Gasteiger partial charge in [0.2, 0.25) is 5.95 Å². The number of ether oxygens (including phenoxy) is 1. The Bertz CT molecular complexity index is 1170. The first-order valence-corrected chi connectivity index (χ1v) is 9.16. The summed E-state index contributed by atoms with van der Waals surface area (Å²) in [5.74, 6) is 0.436. The minimum atomic E-state index is -0.183. The summed E-state index contributed by atoms with van der Waals surface area (Å²) < 4.78 is 6.70. The van der Waals surface area contributed by atoms with Crippen molar-refractivity contribution < 1.29 is 4.74 Å². The number of para-hydroxylation sites is 1. The Balaban J connectivity index is 1.86. The van der Waals surface area contributed by atoms with Crippen LogP contribution >= 0.6 is 11.6 Å². The third-order valence-electron chi connectivity index (χ3n) is 4.37. The van der Waals surface area contributed by atoms with E-state index < -0.39 is 0 Å². The number of methoxy groups -OCH3 is 1. The van der Waals surface area contributed by atoms with E-state index in [4.69, 9.17) is 16.3 Å². The highest BCUT2D eigenvalue weighted by Crippen LogP contribution is 2.22. The average molecular weight is 392 g/mol. The first kappa shape index (κ1) is 18.2. The molecule has 0 saturated carbocycles. The van der Waals surface area contributed by atoms with Crippen LogP contribution in [0.5, 0.6) is 0 Å². The van der Waals surface area contributed by atoms with E-state index in [1.165, 1.54) is 0 Å². The minimum Gasteiger partial charge on any atom is -0.380 e. The fourth-order valence-electron chi connectivity index (χ4n) is 3.04. The van der Waals surface area contributed by atoms with E-state index in [9.17, 15) is 4.79 Å². The topological polar surface area (TPSA) is 56.1 Å². The van der Waals surface area contributed by atoms with Gasteiger partial charge in [0.05, 0.1) is 23.2 Å². The Morgan fingerprint density at radius 2 is 1.79 bits per heavy atom. The Kier molecular flexibility index (Phi) is 5.10. The number of halogens is 1. The number of hydrogen-bond donors (Lipinski definition) is 1. The van der Waals surface area contributed by atoms with Crippen molar-refractivity contribution in [1.29, 1.82) is 0 Å². The molecule has 1 N–H and O–H groups in total. The minimum absolute atomic E-state index is 0.183. The van der Waals surface area contributed by atoms with Gasteiger partial charge in [-0.25, -0.2) is 9.55 Å². The summed E-state index contributed by atoms with van der Waals surface area (Å²) in [5, 5.41) is 4.24. The highest BCUT2D eigenvalue weighted by molar-refractivity contribution is 6.31. The molecule has 6 heteroatoms. The van der Waals surface area contributed by atoms with E-state index in [1.807, 2.05) is 54.6 Å². The summed E-state index contributed by atoms with van der Waals surface area (Å²) in [6, 6.07) is 22.3. The molecule has 0 radical (unpaired) electrons. The fraction of sp³-hybridized carbons (Fsp3) is 0.0909. The molecule has 5 nitrogen and oxygen atoms in total. The van der Waals surface area contributed by atoms with Crippen molar-refractivity contribution in [3.8, 4) is 5.69 Å². The predicted molar refractivity (Wildman–Crippen MR) is 113 cm³/mol. The summed E-state index contributed by atoms with van der Waals surface area (Å²) in [5.41, 5.74) is 3.01. The first-order valence-electron chi connectivity index (χ1n) is 8.78. The third-order valence-corrected chi connectivity index (χ3v) is 4.60. The first-order chi connectivity index (χ1) is 13.7. The second-order valence-corrected chi connectivity index (χ2v) is 6.76. The van der Waals surface area contributed by atoms with Crippen LogP contribution in [0.2, 0.25) is 5.02 Å². The average Bonchev–Trinajstić information content (AvgIpc) is 2.71. The van der Waals surface area contributed by atoms with Gasteiger partial charge in [0.15, 0.2) is 0 Å². The lowest BCUT2D eigenvalue weighted by Gasteiger charge is -2.15. The van der Waals surface area contributed by atoms with Gasteiger partial charge in [-0.15, -0.1) is 0 Å². The molecular formula is C22H18ClN3O2. The van der Waals surface area contributed by atoms with Gasteiger partial charge in [-0.2, -0.15) is 0 Å². The smallest absolute Gasteiger partial charge is 0.267 e. The molecule has 0 bridgehead atoms. The van der Waals surface area contributed by atoms with Gasteiger partial charge in [-0.05, 0) is 48.0 Å². The number of benzene rings is 3. The summed E-state index contributed by atoms with van der Waals surface area (Å²) in [6.45, 7) is 0.546. The van der Waals surface area contributed by atoms with Crippen molar-refractivity contribution in [2.75, 3.05) is 12.4 Å². The number of rotatable bonds is 5. The van der Waals surface area contributed by atoms with Gasteiger partial charge in [-0.3, -0.25) is 4.79 Å². The van der Waals surface area contributed by atoms with Crippen molar-refractivity contribution in [2.24, 2.45) is 0 Å². The molecule has 0 amide bonds. The van der Waals surface area contributed by atoms with Gasteiger partial charge in [-0.1, -0.05) is 41.9 Å². The van der Waals surface area contributed by atoms with Crippen LogP contribution in [0.1, 0.15) is 5.56 Å². The maximum Gasteiger partial charge on any atom is 0.267 e. The van der Waals surface area contributed by atoms with Crippen LogP contribution in [0.25, 0.3) is 16.6 Å². The number of nitrogens with one attached hydrogen (secondary N) is 1. The zero-order valence-corrected chi connectivity index (χ0v) is 16.0. The zero-order chi connectivity index (χ0) is 19.5. The molecule has 4 aromatic rings. The van der Waals surface area contributed by atoms with Crippen molar-refractivity contribution in [3.05, 3.63) is 93.7 Å². The van der Waals surface area contributed by atoms with E-state index in [0.717, 1.165) is 16.9 Å². The lowest BCUT2D eigenvalue weighted by molar-refractivity contribution is 0.185. The molecule has 1 aromatic heterocycles. The van der Waals surface area contributed by atoms with Crippen LogP contribution in [-0.2, 0) is 11.3 Å². The van der Waals surface area contributed by atoms with Crippen molar-refractivity contribution >= 4 is 34.1 Å². The molecule has 1 heterocycles. The SMILES string of the molecule is COCc1ccc(Nc2nc3ccc(Cl)cc3c(=O)n2-c2ccccc2)cc1. The van der Waals surface area contributed by atoms with Crippen LogP contribution < -0.4 is 10.9 Å². The summed E-state index contributed by atoms with van der Waals surface area (Å²) >= 11 is 6.10. The molecule has 0 aliphatic carbocycles. The fourth-order valence-corrected chi connectivity index (χ4v) is 3.21. The molecule has 0 atom stereocenters. The number of anilines is 2. The molecule has 4 rings (SSSR count). The third kappa shape index (κ3) is 3.63. The highest BCUT2D eigenvalue weighted by atomic mass is 35.5. The van der Waals surface area contributed by atoms with Gasteiger partial charge >= 0.3 is 0 Å². The van der Waals surface area contributed by atoms with E-state index in [1.54, 1.807) is 29.9 Å². The Morgan fingerprint density at radius 1 is 1.04 bits per heavy atom. The zero-order valence-electron chi connectivity index (χ0n) is 15.2. The quantitative estimate of drug-likeness (QED) is 0.524. The molecule has 0 saturated heterocycles. The highest BCUT2D eigenvalue weighted by Gasteiger charge is 2.13. The molecular weight excluding hydrogens is 374 g/mol. The predicted octanol–water partition coefficient (Wildman–Crippen LogP) is 4.93. The van der Waals surface area contributed by atoms with Gasteiger partial charge in [0.1, 0.15) is 0 Å². The van der Waals surface area contributed by atoms with Crippen LogP contribution in [0.4, 0.5) is 11.6 Å². The second-order valence-electron chi connectivity index (χ2n) is 6.33. The maximum absolute atomic E-state index is 13.2. The van der Waals surface area contributed by atoms with Gasteiger partial charge < -0.3 is 10.1 Å². The van der Waals surface area contributed by atoms with Crippen LogP contribution in [0.15, 0.2) is 77.6 Å². The molecule has 140 valence electrons. The summed E-state index contributed by atoms with van der Waals surface area (Å²) in [6.07, 6.45) is 0. The molecule has 28 heavy (non-hydrogen) atoms. The Hall–Kier alpha value is -3.15. The molecule has 0 fully saturated rings. The standard InChI is InChI=1S/C22H18ClN3O2/c1-28-14-15-7-10-17(11-8-15)24-22-25-20-12-9-16(23)13-19(20)21(27)26(22)18-5-3-2-4-6-18/h2-13H,14H2,1H3,(H,24,25). The maximum atomic E-state index is 13.2. The molecule has 0 aliphatic heterocycles. The Morgan fingerprint density at radius 3 is 2.50 bits per heavy atom. The van der Waals surface area contributed by atoms with Crippen LogP contribution in [0, 0.1) is 0 Å². The van der Waals surface area contributed by atoms with E-state index in [0.29, 0.717) is 28.5 Å². The molecule has 0 spiro atoms. The number of hydrogen-bond acceptors (Lipinski definition) is 4. The van der Waals surface area contributed by atoms with Gasteiger partial charge in [0, 0.05) is 17.8 Å².